The van der Waals surface area contributed by atoms with Gasteiger partial charge < -0.3 is 15.5 Å². The van der Waals surface area contributed by atoms with Gasteiger partial charge in [0, 0.05) is 28.8 Å². The van der Waals surface area contributed by atoms with Gasteiger partial charge in [-0.25, -0.2) is 8.42 Å². The highest BCUT2D eigenvalue weighted by Gasteiger charge is 2.48. The molecule has 0 fully saturated rings. The van der Waals surface area contributed by atoms with E-state index in [9.17, 15) is 23.4 Å². The van der Waals surface area contributed by atoms with Gasteiger partial charge in [0.15, 0.2) is 21.8 Å². The first-order valence-electron chi connectivity index (χ1n) is 7.53. The maximum Gasteiger partial charge on any atom is 0.175 e. The number of carbonyl (C=O) groups is 1. The molecule has 0 saturated heterocycles. The molecular formula is C17H15Cl2NO5S. The van der Waals surface area contributed by atoms with Crippen LogP contribution in [0.1, 0.15) is 22.3 Å². The Hall–Kier alpha value is -1.64. The van der Waals surface area contributed by atoms with Crippen LogP contribution in [0.25, 0.3) is 0 Å². The van der Waals surface area contributed by atoms with E-state index in [-0.39, 0.29) is 31.8 Å². The van der Waals surface area contributed by atoms with Crippen LogP contribution >= 0.6 is 23.2 Å². The Morgan fingerprint density at radius 3 is 2.31 bits per heavy atom. The maximum absolute atomic E-state index is 12.6. The molecule has 2 atom stereocenters. The van der Waals surface area contributed by atoms with E-state index in [0.29, 0.717) is 0 Å². The molecule has 2 unspecified atom stereocenters. The number of carbonyl (C=O) groups excluding carboxylic acids is 1. The van der Waals surface area contributed by atoms with Crippen molar-refractivity contribution in [3.63, 3.8) is 0 Å². The third kappa shape index (κ3) is 3.21. The highest BCUT2D eigenvalue weighted by molar-refractivity contribution is 7.90. The first-order valence-corrected chi connectivity index (χ1v) is 10.2. The van der Waals surface area contributed by atoms with Crippen molar-refractivity contribution in [2.45, 2.75) is 23.1 Å². The summed E-state index contributed by atoms with van der Waals surface area (Å²) in [5.41, 5.74) is -1.34. The molecule has 3 N–H and O–H groups in total. The van der Waals surface area contributed by atoms with Crippen molar-refractivity contribution in [1.29, 1.82) is 0 Å². The fourth-order valence-electron chi connectivity index (χ4n) is 2.93. The van der Waals surface area contributed by atoms with Crippen molar-refractivity contribution < 1.29 is 23.4 Å². The van der Waals surface area contributed by atoms with E-state index in [2.05, 4.69) is 5.32 Å². The summed E-state index contributed by atoms with van der Waals surface area (Å²) in [5, 5.41) is 24.3. The number of rotatable bonds is 4. The molecule has 0 bridgehead atoms. The normalized spacial score (nSPS) is 22.0. The zero-order valence-corrected chi connectivity index (χ0v) is 15.9. The van der Waals surface area contributed by atoms with Gasteiger partial charge in [-0.1, -0.05) is 35.3 Å². The van der Waals surface area contributed by atoms with Crippen LogP contribution in [0.4, 0.5) is 5.69 Å². The summed E-state index contributed by atoms with van der Waals surface area (Å²) in [5.74, 6) is -0.489. The Labute approximate surface area is 160 Å². The first-order chi connectivity index (χ1) is 12.0. The van der Waals surface area contributed by atoms with Crippen molar-refractivity contribution >= 4 is 44.5 Å². The molecule has 2 aromatic carbocycles. The molecule has 6 nitrogen and oxygen atoms in total. The topological polar surface area (TPSA) is 104 Å². The average molecular weight is 416 g/mol. The van der Waals surface area contributed by atoms with Gasteiger partial charge in [0.1, 0.15) is 5.60 Å². The van der Waals surface area contributed by atoms with Gasteiger partial charge in [-0.15, -0.1) is 0 Å². The predicted octanol–water partition coefficient (Wildman–Crippen LogP) is 2.60. The summed E-state index contributed by atoms with van der Waals surface area (Å²) in [7, 11) is -3.38. The van der Waals surface area contributed by atoms with Crippen LogP contribution < -0.4 is 5.32 Å². The lowest BCUT2D eigenvalue weighted by atomic mass is 9.87. The van der Waals surface area contributed by atoms with E-state index in [1.807, 2.05) is 0 Å². The lowest BCUT2D eigenvalue weighted by molar-refractivity contribution is -0.0572. The second-order valence-corrected chi connectivity index (χ2v) is 8.98. The van der Waals surface area contributed by atoms with Gasteiger partial charge in [0.2, 0.25) is 0 Å². The van der Waals surface area contributed by atoms with Crippen LogP contribution in [0, 0.1) is 0 Å². The van der Waals surface area contributed by atoms with E-state index < -0.39 is 33.9 Å². The van der Waals surface area contributed by atoms with Crippen molar-refractivity contribution in [1.82, 2.24) is 0 Å². The van der Waals surface area contributed by atoms with Gasteiger partial charge in [0.05, 0.1) is 15.6 Å². The summed E-state index contributed by atoms with van der Waals surface area (Å²) in [4.78, 5) is 12.7. The van der Waals surface area contributed by atoms with E-state index >= 15 is 0 Å². The zero-order valence-electron chi connectivity index (χ0n) is 13.5. The number of anilines is 1. The number of fused-ring (bicyclic) bond motifs is 1. The number of halogens is 2. The van der Waals surface area contributed by atoms with Crippen molar-refractivity contribution in [2.24, 2.45) is 0 Å². The molecule has 2 aromatic rings. The van der Waals surface area contributed by atoms with Crippen molar-refractivity contribution in [2.75, 3.05) is 11.6 Å². The van der Waals surface area contributed by atoms with Gasteiger partial charge in [0.25, 0.3) is 0 Å². The fourth-order valence-corrected chi connectivity index (χ4v) is 4.09. The minimum Gasteiger partial charge on any atom is -0.380 e. The largest absolute Gasteiger partial charge is 0.380 e. The number of benzene rings is 2. The Bertz CT molecular complexity index is 991. The second kappa shape index (κ2) is 6.51. The number of aliphatic hydroxyl groups is 2. The summed E-state index contributed by atoms with van der Waals surface area (Å²) in [6, 6.07) is 8.33. The molecule has 26 heavy (non-hydrogen) atoms. The molecule has 1 aliphatic rings. The Morgan fingerprint density at radius 1 is 1.15 bits per heavy atom. The maximum atomic E-state index is 12.6. The fraction of sp³-hybridized carbons (Fsp3) is 0.235. The van der Waals surface area contributed by atoms with Gasteiger partial charge in [-0.2, -0.15) is 0 Å². The Morgan fingerprint density at radius 2 is 1.73 bits per heavy atom. The van der Waals surface area contributed by atoms with E-state index in [0.717, 1.165) is 6.26 Å². The highest BCUT2D eigenvalue weighted by atomic mass is 35.5. The molecule has 0 aromatic heterocycles. The zero-order chi connectivity index (χ0) is 19.3. The molecule has 9 heteroatoms. The van der Waals surface area contributed by atoms with E-state index in [1.54, 1.807) is 0 Å². The first kappa shape index (κ1) is 19.1. The lowest BCUT2D eigenvalue weighted by Crippen LogP contribution is -2.40. The van der Waals surface area contributed by atoms with Crippen LogP contribution in [-0.4, -0.2) is 36.9 Å². The summed E-state index contributed by atoms with van der Waals surface area (Å²) < 4.78 is 23.0. The van der Waals surface area contributed by atoms with Crippen molar-refractivity contribution in [3.8, 4) is 0 Å². The van der Waals surface area contributed by atoms with E-state index in [1.165, 1.54) is 36.4 Å². The molecule has 0 saturated carbocycles. The van der Waals surface area contributed by atoms with Crippen LogP contribution in [0.3, 0.4) is 0 Å². The molecule has 0 spiro atoms. The number of Topliss-reactive ketones (excluding diaryl/α,β-unsaturated/α-hetero) is 1. The monoisotopic (exact) mass is 415 g/mol. The smallest absolute Gasteiger partial charge is 0.175 e. The van der Waals surface area contributed by atoms with Crippen LogP contribution in [0.2, 0.25) is 10.0 Å². The van der Waals surface area contributed by atoms with Crippen molar-refractivity contribution in [3.05, 3.63) is 57.6 Å². The third-order valence-corrected chi connectivity index (χ3v) is 6.06. The molecule has 0 radical (unpaired) electrons. The third-order valence-electron chi connectivity index (χ3n) is 4.30. The van der Waals surface area contributed by atoms with E-state index in [4.69, 9.17) is 23.2 Å². The summed E-state index contributed by atoms with van der Waals surface area (Å²) in [6.45, 7) is 0. The SMILES string of the molecule is CS(=O)(=O)c1ccc(C(=O)CC2(O)c3c(Cl)ccc(Cl)c3NC2O)cc1. The quantitative estimate of drug-likeness (QED) is 0.662. The second-order valence-electron chi connectivity index (χ2n) is 6.15. The lowest BCUT2D eigenvalue weighted by Gasteiger charge is -2.26. The average Bonchev–Trinajstić information content (AvgIpc) is 2.83. The minimum atomic E-state index is -3.38. The predicted molar refractivity (Wildman–Crippen MR) is 98.5 cm³/mol. The standard InChI is InChI=1S/C17H15Cl2NO5S/c1-26(24,25)10-4-2-9(3-5-10)13(21)8-17(23)14-11(18)6-7-12(19)15(14)20-16(17)22/h2-7,16,20,22-23H,8H2,1H3. The number of nitrogens with one attached hydrogen (secondary N) is 1. The molecule has 3 rings (SSSR count). The molecule has 1 aliphatic heterocycles. The molecular weight excluding hydrogens is 401 g/mol. The van der Waals surface area contributed by atoms with Crippen LogP contribution in [0.5, 0.6) is 0 Å². The molecule has 0 aliphatic carbocycles. The van der Waals surface area contributed by atoms with Crippen LogP contribution in [-0.2, 0) is 15.4 Å². The number of hydrogen-bond donors (Lipinski definition) is 3. The van der Waals surface area contributed by atoms with Gasteiger partial charge in [-0.3, -0.25) is 4.79 Å². The van der Waals surface area contributed by atoms with Gasteiger partial charge in [-0.05, 0) is 24.3 Å². The number of aliphatic hydroxyl groups excluding tert-OH is 1. The summed E-state index contributed by atoms with van der Waals surface area (Å²) >= 11 is 12.2. The minimum absolute atomic E-state index is 0.0792. The highest BCUT2D eigenvalue weighted by Crippen LogP contribution is 2.48. The number of hydrogen-bond acceptors (Lipinski definition) is 6. The van der Waals surface area contributed by atoms with Crippen LogP contribution in [0.15, 0.2) is 41.3 Å². The molecule has 0 amide bonds. The number of sulfone groups is 1. The summed E-state index contributed by atoms with van der Waals surface area (Å²) in [6.07, 6.45) is -0.878. The molecule has 138 valence electrons. The number of ketones is 1. The Kier molecular flexibility index (Phi) is 4.79. The Balaban J connectivity index is 1.94. The molecule has 1 heterocycles. The van der Waals surface area contributed by atoms with Gasteiger partial charge >= 0.3 is 0 Å².